The molecule has 0 spiro atoms. The Kier molecular flexibility index (Phi) is 16.1. The number of hydrogen-bond donors (Lipinski definition) is 2. The molecule has 4 aliphatic rings. The predicted molar refractivity (Wildman–Crippen MR) is 227 cm³/mol. The molecular weight excluding hydrogens is 803 g/mol. The van der Waals surface area contributed by atoms with Crippen molar-refractivity contribution in [1.29, 1.82) is 0 Å². The standard InChI is InChI=1S/C46H75N3O13/c1-24-21-44(9,55-14)39(62-43-35(48(11)12)33(20-25(2)57-43)49(13)23-32-18-16-17-19-47-32)27(4)37(60-34-22-45(10,56-15)41(30(7)58-34)59-31(8)50)28(5)42(53)61-40-29(6)46(40,54)38(52)26(3)36(24)51/h16-19,24-30,33-35,37-41,43,52,54H,20-23H2,1-15H3/t24-,25-,26+,27+,28-,29?,30+,33-,34+,35+,37+,38-,39-,40-,41+,43+,44+,45-,46+/m1/s1. The van der Waals surface area contributed by atoms with Gasteiger partial charge in [-0.3, -0.25) is 24.3 Å². The van der Waals surface area contributed by atoms with E-state index in [1.807, 2.05) is 60.0 Å². The molecule has 352 valence electrons. The Morgan fingerprint density at radius 1 is 0.919 bits per heavy atom. The second-order valence-corrected chi connectivity index (χ2v) is 19.4. The second-order valence-electron chi connectivity index (χ2n) is 19.4. The predicted octanol–water partition coefficient (Wildman–Crippen LogP) is 3.77. The van der Waals surface area contributed by atoms with Crippen molar-refractivity contribution in [2.45, 2.75) is 179 Å². The van der Waals surface area contributed by atoms with Gasteiger partial charge >= 0.3 is 11.9 Å². The third-order valence-corrected chi connectivity index (χ3v) is 14.5. The van der Waals surface area contributed by atoms with Crippen LogP contribution in [0.25, 0.3) is 0 Å². The Balaban J connectivity index is 1.60. The number of carbonyl (C=O) groups is 3. The number of methoxy groups -OCH3 is 2. The molecule has 2 N–H and O–H groups in total. The topological polar surface area (TPSA) is 185 Å². The zero-order valence-corrected chi connectivity index (χ0v) is 39.6. The first-order valence-corrected chi connectivity index (χ1v) is 22.2. The molecule has 1 saturated carbocycles. The molecule has 1 unspecified atom stereocenters. The summed E-state index contributed by atoms with van der Waals surface area (Å²) < 4.78 is 51.6. The Bertz CT molecular complexity index is 1690. The van der Waals surface area contributed by atoms with Crippen molar-refractivity contribution in [2.75, 3.05) is 35.4 Å². The Labute approximate surface area is 368 Å². The number of esters is 2. The van der Waals surface area contributed by atoms with Crippen LogP contribution in [0, 0.1) is 29.6 Å². The molecule has 19 atom stereocenters. The monoisotopic (exact) mass is 878 g/mol. The summed E-state index contributed by atoms with van der Waals surface area (Å²) in [4.78, 5) is 49.7. The van der Waals surface area contributed by atoms with Gasteiger partial charge < -0.3 is 53.0 Å². The number of nitrogens with zero attached hydrogens (tertiary/aromatic N) is 3. The number of ether oxygens (including phenoxy) is 8. The summed E-state index contributed by atoms with van der Waals surface area (Å²) in [7, 11) is 9.15. The zero-order chi connectivity index (χ0) is 46.2. The summed E-state index contributed by atoms with van der Waals surface area (Å²) in [5.41, 5.74) is -3.14. The van der Waals surface area contributed by atoms with E-state index in [1.54, 1.807) is 47.9 Å². The van der Waals surface area contributed by atoms with Gasteiger partial charge in [0.25, 0.3) is 0 Å². The zero-order valence-electron chi connectivity index (χ0n) is 39.6. The molecular formula is C46H75N3O13. The number of likely N-dealkylation sites (N-methyl/N-ethyl adjacent to an activating group) is 2. The SMILES string of the molecule is CO[C@]1(C)C[C@H](O[C@H]2[C@H](C)[C@@H](O[C@@H]3O[C@H](C)C[C@@H](N(C)Cc4ccccn4)[C@@H]3N(C)C)[C@@](C)(OC)C[C@@H](C)C(=O)[C@H](C)[C@@H](O)[C@@]3(O)C(C)[C@H]3OC(=O)[C@@H]2C)O[C@@H](C)[C@@H]1OC(C)=O. The van der Waals surface area contributed by atoms with Crippen molar-refractivity contribution in [2.24, 2.45) is 29.6 Å². The van der Waals surface area contributed by atoms with E-state index in [1.165, 1.54) is 14.0 Å². The summed E-state index contributed by atoms with van der Waals surface area (Å²) in [6, 6.07) is 5.53. The molecule has 4 heterocycles. The molecule has 1 aliphatic carbocycles. The van der Waals surface area contributed by atoms with Crippen LogP contribution in [-0.4, -0.2) is 162 Å². The van der Waals surface area contributed by atoms with Crippen molar-refractivity contribution in [3.05, 3.63) is 30.1 Å². The van der Waals surface area contributed by atoms with E-state index in [-0.39, 0.29) is 36.8 Å². The highest BCUT2D eigenvalue weighted by molar-refractivity contribution is 5.84. The molecule has 0 amide bonds. The molecule has 16 nitrogen and oxygen atoms in total. The summed E-state index contributed by atoms with van der Waals surface area (Å²) in [5, 5.41) is 23.3. The van der Waals surface area contributed by atoms with Crippen LogP contribution < -0.4 is 0 Å². The fourth-order valence-electron chi connectivity index (χ4n) is 10.6. The molecule has 1 aromatic heterocycles. The number of aliphatic hydroxyl groups excluding tert-OH is 1. The van der Waals surface area contributed by atoms with Crippen molar-refractivity contribution < 1.29 is 62.5 Å². The van der Waals surface area contributed by atoms with Crippen molar-refractivity contribution in [3.8, 4) is 0 Å². The molecule has 4 fully saturated rings. The first-order chi connectivity index (χ1) is 28.9. The highest BCUT2D eigenvalue weighted by Gasteiger charge is 2.70. The molecule has 0 bridgehead atoms. The lowest BCUT2D eigenvalue weighted by Gasteiger charge is -2.51. The molecule has 3 saturated heterocycles. The van der Waals surface area contributed by atoms with Gasteiger partial charge in [-0.1, -0.05) is 33.8 Å². The maximum absolute atomic E-state index is 14.4. The van der Waals surface area contributed by atoms with E-state index in [0.717, 1.165) is 5.69 Å². The van der Waals surface area contributed by atoms with Crippen molar-refractivity contribution in [3.63, 3.8) is 0 Å². The quantitative estimate of drug-likeness (QED) is 0.306. The van der Waals surface area contributed by atoms with Crippen LogP contribution in [0.2, 0.25) is 0 Å². The third-order valence-electron chi connectivity index (χ3n) is 14.5. The lowest BCUT2D eigenvalue weighted by molar-refractivity contribution is -0.315. The van der Waals surface area contributed by atoms with Crippen LogP contribution in [0.5, 0.6) is 0 Å². The number of pyridine rings is 1. The van der Waals surface area contributed by atoms with Crippen LogP contribution in [0.1, 0.15) is 94.2 Å². The maximum atomic E-state index is 14.4. The van der Waals surface area contributed by atoms with Gasteiger partial charge in [0.2, 0.25) is 0 Å². The summed E-state index contributed by atoms with van der Waals surface area (Å²) >= 11 is 0. The van der Waals surface area contributed by atoms with Crippen LogP contribution in [0.3, 0.4) is 0 Å². The smallest absolute Gasteiger partial charge is 0.311 e. The van der Waals surface area contributed by atoms with E-state index in [2.05, 4.69) is 21.8 Å². The van der Waals surface area contributed by atoms with Crippen LogP contribution in [0.15, 0.2) is 24.4 Å². The van der Waals surface area contributed by atoms with E-state index >= 15 is 0 Å². The molecule has 16 heteroatoms. The summed E-state index contributed by atoms with van der Waals surface area (Å²) in [6.45, 7) is 18.1. The molecule has 0 aromatic carbocycles. The number of carbonyl (C=O) groups excluding carboxylic acids is 3. The lowest BCUT2D eigenvalue weighted by atomic mass is 9.75. The maximum Gasteiger partial charge on any atom is 0.311 e. The van der Waals surface area contributed by atoms with E-state index in [0.29, 0.717) is 13.0 Å². The van der Waals surface area contributed by atoms with Gasteiger partial charge in [-0.25, -0.2) is 0 Å². The molecule has 5 rings (SSSR count). The minimum atomic E-state index is -1.82. The number of Topliss-reactive ketones (excluding diaryl/α,β-unsaturated/α-hetero) is 1. The number of fused-ring (bicyclic) bond motifs is 1. The molecule has 3 aliphatic heterocycles. The first-order valence-electron chi connectivity index (χ1n) is 22.2. The highest BCUT2D eigenvalue weighted by atomic mass is 16.7. The van der Waals surface area contributed by atoms with E-state index in [9.17, 15) is 24.6 Å². The summed E-state index contributed by atoms with van der Waals surface area (Å²) in [5.74, 6) is -5.40. The fraction of sp³-hybridized carbons (Fsp3) is 0.826. The number of hydrogen-bond acceptors (Lipinski definition) is 16. The highest BCUT2D eigenvalue weighted by Crippen LogP contribution is 2.52. The minimum absolute atomic E-state index is 0.0412. The Morgan fingerprint density at radius 2 is 1.56 bits per heavy atom. The average Bonchev–Trinajstić information content (AvgIpc) is 3.75. The van der Waals surface area contributed by atoms with Gasteiger partial charge in [0.15, 0.2) is 18.7 Å². The van der Waals surface area contributed by atoms with Crippen LogP contribution in [-0.2, 0) is 58.8 Å². The van der Waals surface area contributed by atoms with Crippen molar-refractivity contribution in [1.82, 2.24) is 14.8 Å². The van der Waals surface area contributed by atoms with Gasteiger partial charge in [-0.05, 0) is 80.7 Å². The van der Waals surface area contributed by atoms with Crippen LogP contribution in [0.4, 0.5) is 0 Å². The number of aliphatic hydroxyl groups is 2. The second kappa shape index (κ2) is 19.8. The number of ketones is 1. The fourth-order valence-corrected chi connectivity index (χ4v) is 10.6. The summed E-state index contributed by atoms with van der Waals surface area (Å²) in [6.07, 6.45) is -5.07. The van der Waals surface area contributed by atoms with E-state index in [4.69, 9.17) is 37.9 Å². The van der Waals surface area contributed by atoms with Gasteiger partial charge in [0.05, 0.1) is 53.8 Å². The number of aromatic nitrogens is 1. The normalized spacial score (nSPS) is 44.6. The van der Waals surface area contributed by atoms with E-state index < -0.39 is 108 Å². The number of rotatable bonds is 11. The minimum Gasteiger partial charge on any atom is -0.458 e. The third kappa shape index (κ3) is 10.2. The largest absolute Gasteiger partial charge is 0.458 e. The molecule has 62 heavy (non-hydrogen) atoms. The van der Waals surface area contributed by atoms with Crippen LogP contribution >= 0.6 is 0 Å². The lowest BCUT2D eigenvalue weighted by Crippen LogP contribution is -2.63. The molecule has 0 radical (unpaired) electrons. The van der Waals surface area contributed by atoms with Gasteiger partial charge in [0, 0.05) is 70.0 Å². The van der Waals surface area contributed by atoms with Gasteiger partial charge in [-0.15, -0.1) is 0 Å². The first kappa shape index (κ1) is 50.4. The Morgan fingerprint density at radius 3 is 2.15 bits per heavy atom. The van der Waals surface area contributed by atoms with Gasteiger partial charge in [-0.2, -0.15) is 0 Å². The average molecular weight is 878 g/mol. The molecule has 1 aromatic rings. The van der Waals surface area contributed by atoms with Gasteiger partial charge in [0.1, 0.15) is 23.1 Å². The Hall–Kier alpha value is -2.64. The van der Waals surface area contributed by atoms with Crippen molar-refractivity contribution >= 4 is 17.7 Å².